The molecule has 9 nitrogen and oxygen atoms in total. The molecule has 0 aromatic heterocycles. The Labute approximate surface area is 218 Å². The number of amides is 4. The number of hydrogen-bond donors (Lipinski definition) is 1. The number of carbonyl (C=O) groups is 4. The Kier molecular flexibility index (Phi) is 11.5. The Morgan fingerprint density at radius 3 is 1.00 bits per heavy atom. The lowest BCUT2D eigenvalue weighted by atomic mass is 9.90. The highest BCUT2D eigenvalue weighted by atomic mass is 16.4. The number of imide groups is 2. The van der Waals surface area contributed by atoms with E-state index in [1.165, 1.54) is 9.80 Å². The van der Waals surface area contributed by atoms with Gasteiger partial charge in [0.25, 0.3) is 0 Å². The summed E-state index contributed by atoms with van der Waals surface area (Å²) in [6, 6.07) is 0. The Hall–Kier alpha value is -2.29. The lowest BCUT2D eigenvalue weighted by Crippen LogP contribution is -2.53. The third-order valence-corrected chi connectivity index (χ3v) is 5.45. The maximum absolute atomic E-state index is 13.1. The Balaban J connectivity index is 6.01. The van der Waals surface area contributed by atoms with E-state index in [9.17, 15) is 24.4 Å². The van der Waals surface area contributed by atoms with Crippen molar-refractivity contribution in [2.75, 3.05) is 32.7 Å². The maximum Gasteiger partial charge on any atom is 0.234 e. The molecular weight excluding hydrogens is 460 g/mol. The lowest BCUT2D eigenvalue weighted by Gasteiger charge is -2.36. The summed E-state index contributed by atoms with van der Waals surface area (Å²) < 4.78 is 0. The van der Waals surface area contributed by atoms with E-state index in [1.807, 2.05) is 4.90 Å². The van der Waals surface area contributed by atoms with E-state index in [0.29, 0.717) is 5.71 Å². The largest absolute Gasteiger partial charge is 0.411 e. The van der Waals surface area contributed by atoms with Crippen molar-refractivity contribution in [2.24, 2.45) is 26.8 Å². The molecular formula is C27H50N4O5. The molecule has 0 unspecified atom stereocenters. The third kappa shape index (κ3) is 10.4. The van der Waals surface area contributed by atoms with Gasteiger partial charge in [-0.15, -0.1) is 0 Å². The summed E-state index contributed by atoms with van der Waals surface area (Å²) >= 11 is 0. The van der Waals surface area contributed by atoms with Crippen LogP contribution in [0, 0.1) is 21.7 Å². The Morgan fingerprint density at radius 2 is 0.806 bits per heavy atom. The van der Waals surface area contributed by atoms with Gasteiger partial charge >= 0.3 is 0 Å². The van der Waals surface area contributed by atoms with Crippen LogP contribution >= 0.6 is 0 Å². The van der Waals surface area contributed by atoms with Crippen LogP contribution in [-0.2, 0) is 19.2 Å². The zero-order valence-corrected chi connectivity index (χ0v) is 24.9. The van der Waals surface area contributed by atoms with Crippen molar-refractivity contribution in [3.8, 4) is 0 Å². The molecule has 0 rings (SSSR count). The van der Waals surface area contributed by atoms with E-state index < -0.39 is 21.7 Å². The van der Waals surface area contributed by atoms with Crippen LogP contribution in [0.15, 0.2) is 5.16 Å². The van der Waals surface area contributed by atoms with Crippen LogP contribution in [0.25, 0.3) is 0 Å². The molecule has 208 valence electrons. The van der Waals surface area contributed by atoms with Gasteiger partial charge in [-0.25, -0.2) is 0 Å². The van der Waals surface area contributed by atoms with Crippen LogP contribution in [0.2, 0.25) is 0 Å². The van der Waals surface area contributed by atoms with Crippen molar-refractivity contribution in [1.29, 1.82) is 0 Å². The number of nitrogens with zero attached hydrogens (tertiary/aromatic N) is 4. The van der Waals surface area contributed by atoms with E-state index in [4.69, 9.17) is 0 Å². The molecule has 0 saturated heterocycles. The molecule has 0 aromatic rings. The minimum absolute atomic E-state index is 0.130. The first-order valence-corrected chi connectivity index (χ1v) is 12.6. The zero-order chi connectivity index (χ0) is 28.9. The fourth-order valence-electron chi connectivity index (χ4n) is 3.32. The first kappa shape index (κ1) is 33.7. The molecule has 1 N–H and O–H groups in total. The highest BCUT2D eigenvalue weighted by Crippen LogP contribution is 2.25. The molecule has 0 atom stereocenters. The first-order chi connectivity index (χ1) is 15.9. The summed E-state index contributed by atoms with van der Waals surface area (Å²) in [5.41, 5.74) is -2.55. The molecule has 0 spiro atoms. The monoisotopic (exact) mass is 510 g/mol. The van der Waals surface area contributed by atoms with Gasteiger partial charge in [0.2, 0.25) is 23.6 Å². The molecule has 0 radical (unpaired) electrons. The van der Waals surface area contributed by atoms with Gasteiger partial charge in [-0.3, -0.25) is 33.9 Å². The second kappa shape index (κ2) is 12.3. The van der Waals surface area contributed by atoms with Crippen LogP contribution in [-0.4, -0.2) is 82.0 Å². The lowest BCUT2D eigenvalue weighted by molar-refractivity contribution is -0.155. The quantitative estimate of drug-likeness (QED) is 0.300. The van der Waals surface area contributed by atoms with Crippen molar-refractivity contribution >= 4 is 29.3 Å². The maximum atomic E-state index is 13.1. The van der Waals surface area contributed by atoms with Gasteiger partial charge in [-0.05, 0) is 6.92 Å². The molecule has 4 amide bonds. The van der Waals surface area contributed by atoms with Crippen molar-refractivity contribution in [2.45, 2.75) is 90.0 Å². The van der Waals surface area contributed by atoms with Crippen molar-refractivity contribution in [3.63, 3.8) is 0 Å². The summed E-state index contributed by atoms with van der Waals surface area (Å²) in [6.07, 6.45) is 0. The smallest absolute Gasteiger partial charge is 0.234 e. The van der Waals surface area contributed by atoms with Crippen molar-refractivity contribution < 1.29 is 24.4 Å². The first-order valence-electron chi connectivity index (χ1n) is 12.6. The fraction of sp³-hybridized carbons (Fsp3) is 0.815. The van der Waals surface area contributed by atoms with Gasteiger partial charge in [0.15, 0.2) is 0 Å². The molecule has 36 heavy (non-hydrogen) atoms. The van der Waals surface area contributed by atoms with Crippen LogP contribution in [0.3, 0.4) is 0 Å². The normalized spacial score (nSPS) is 13.6. The highest BCUT2D eigenvalue weighted by molar-refractivity contribution is 6.00. The van der Waals surface area contributed by atoms with Crippen molar-refractivity contribution in [1.82, 2.24) is 14.7 Å². The molecule has 0 fully saturated rings. The van der Waals surface area contributed by atoms with Crippen LogP contribution in [0.5, 0.6) is 0 Å². The van der Waals surface area contributed by atoms with Gasteiger partial charge in [0.05, 0.1) is 5.71 Å². The van der Waals surface area contributed by atoms with Gasteiger partial charge in [-0.1, -0.05) is 88.2 Å². The van der Waals surface area contributed by atoms with Gasteiger partial charge in [-0.2, -0.15) is 0 Å². The highest BCUT2D eigenvalue weighted by Gasteiger charge is 2.38. The van der Waals surface area contributed by atoms with Crippen LogP contribution in [0.4, 0.5) is 0 Å². The molecule has 0 aromatic carbocycles. The summed E-state index contributed by atoms with van der Waals surface area (Å²) in [5, 5.41) is 12.5. The third-order valence-electron chi connectivity index (χ3n) is 5.45. The second-order valence-corrected chi connectivity index (χ2v) is 13.6. The number of carbonyl (C=O) groups excluding carboxylic acids is 4. The molecule has 0 aliphatic carbocycles. The predicted octanol–water partition coefficient (Wildman–Crippen LogP) is 4.03. The van der Waals surface area contributed by atoms with Crippen molar-refractivity contribution in [3.05, 3.63) is 0 Å². The summed E-state index contributed by atoms with van der Waals surface area (Å²) in [5.74, 6) is -1.10. The second-order valence-electron chi connectivity index (χ2n) is 13.6. The predicted molar refractivity (Wildman–Crippen MR) is 143 cm³/mol. The molecule has 0 bridgehead atoms. The average molecular weight is 511 g/mol. The standard InChI is InChI=1S/C27H50N4O5/c1-19(28-36)18-29(14-16-30(20(32)24(2,3)4)21(33)25(5,6)7)15-17-31(22(34)26(8,9)10)23(35)27(11,12)13/h36H,14-18H2,1-13H3/b28-19+. The van der Waals surface area contributed by atoms with Crippen LogP contribution < -0.4 is 0 Å². The van der Waals surface area contributed by atoms with E-state index >= 15 is 0 Å². The molecule has 0 heterocycles. The Bertz CT molecular complexity index is 724. The van der Waals surface area contributed by atoms with E-state index in [1.54, 1.807) is 90.0 Å². The summed E-state index contributed by atoms with van der Waals surface area (Å²) in [6.45, 7) is 24.0. The minimum atomic E-state index is -0.747. The minimum Gasteiger partial charge on any atom is -0.411 e. The molecule has 0 aliphatic rings. The number of rotatable bonds is 8. The van der Waals surface area contributed by atoms with E-state index in [-0.39, 0.29) is 56.4 Å². The Morgan fingerprint density at radius 1 is 0.556 bits per heavy atom. The number of hydrogen-bond acceptors (Lipinski definition) is 7. The molecule has 9 heteroatoms. The van der Waals surface area contributed by atoms with Crippen LogP contribution in [0.1, 0.15) is 90.0 Å². The topological polar surface area (TPSA) is 111 Å². The molecule has 0 saturated carbocycles. The van der Waals surface area contributed by atoms with Gasteiger partial charge in [0, 0.05) is 54.4 Å². The summed E-state index contributed by atoms with van der Waals surface area (Å²) in [4.78, 5) is 57.0. The summed E-state index contributed by atoms with van der Waals surface area (Å²) in [7, 11) is 0. The average Bonchev–Trinajstić information content (AvgIpc) is 2.69. The van der Waals surface area contributed by atoms with E-state index in [0.717, 1.165) is 0 Å². The van der Waals surface area contributed by atoms with Gasteiger partial charge in [0.1, 0.15) is 0 Å². The SMILES string of the molecule is C/C(CN(CCN(C(=O)C(C)(C)C)C(=O)C(C)(C)C)CCN(C(=O)C(C)(C)C)C(=O)C(C)(C)C)=N\O. The molecule has 0 aliphatic heterocycles. The zero-order valence-electron chi connectivity index (χ0n) is 24.9. The fourth-order valence-corrected chi connectivity index (χ4v) is 3.32. The van der Waals surface area contributed by atoms with Gasteiger partial charge < -0.3 is 5.21 Å². The number of oxime groups is 1. The van der Waals surface area contributed by atoms with E-state index in [2.05, 4.69) is 5.16 Å².